The first-order valence-corrected chi connectivity index (χ1v) is 5.90. The van der Waals surface area contributed by atoms with E-state index in [1.54, 1.807) is 13.8 Å². The number of hydrogen-bond donors (Lipinski definition) is 3. The van der Waals surface area contributed by atoms with Crippen molar-refractivity contribution in [2.24, 2.45) is 5.73 Å². The molecule has 0 aliphatic rings. The number of methoxy groups -OCH3 is 1. The van der Waals surface area contributed by atoms with E-state index in [1.165, 1.54) is 12.0 Å². The minimum Gasteiger partial charge on any atom is -0.480 e. The van der Waals surface area contributed by atoms with Gasteiger partial charge in [-0.1, -0.05) is 0 Å². The van der Waals surface area contributed by atoms with Crippen molar-refractivity contribution in [1.29, 1.82) is 0 Å². The lowest BCUT2D eigenvalue weighted by Crippen LogP contribution is -2.52. The first-order chi connectivity index (χ1) is 8.83. The number of carboxylic acid groups (broad SMARTS) is 1. The Hall–Kier alpha value is -1.83. The molecule has 0 aromatic carbocycles. The van der Waals surface area contributed by atoms with Gasteiger partial charge in [0.25, 0.3) is 0 Å². The number of ether oxygens (including phenoxy) is 1. The normalized spacial score (nSPS) is 13.4. The van der Waals surface area contributed by atoms with E-state index in [9.17, 15) is 14.4 Å². The van der Waals surface area contributed by atoms with E-state index in [0.29, 0.717) is 13.2 Å². The summed E-state index contributed by atoms with van der Waals surface area (Å²) in [6.07, 6.45) is -0.447. The van der Waals surface area contributed by atoms with Crippen LogP contribution in [0.15, 0.2) is 0 Å². The predicted octanol–water partition coefficient (Wildman–Crippen LogP) is -0.619. The van der Waals surface area contributed by atoms with Gasteiger partial charge < -0.3 is 25.8 Å². The van der Waals surface area contributed by atoms with E-state index in [1.807, 2.05) is 0 Å². The van der Waals surface area contributed by atoms with Crippen molar-refractivity contribution >= 4 is 17.9 Å². The predicted molar refractivity (Wildman–Crippen MR) is 67.5 cm³/mol. The minimum atomic E-state index is -1.33. The summed E-state index contributed by atoms with van der Waals surface area (Å²) in [7, 11) is 1.51. The SMILES string of the molecule is CCN(C(=O)NC(CC(N)=O)C(=O)O)C(C)COC. The summed E-state index contributed by atoms with van der Waals surface area (Å²) in [6.45, 7) is 4.25. The molecule has 8 heteroatoms. The molecule has 0 fully saturated rings. The summed E-state index contributed by atoms with van der Waals surface area (Å²) in [6, 6.07) is -2.10. The van der Waals surface area contributed by atoms with Crippen molar-refractivity contribution in [3.05, 3.63) is 0 Å². The number of carboxylic acids is 1. The Morgan fingerprint density at radius 2 is 2.00 bits per heavy atom. The van der Waals surface area contributed by atoms with Crippen LogP contribution in [0.5, 0.6) is 0 Å². The van der Waals surface area contributed by atoms with Gasteiger partial charge >= 0.3 is 12.0 Å². The molecule has 0 rings (SSSR count). The van der Waals surface area contributed by atoms with Gasteiger partial charge in [-0.2, -0.15) is 0 Å². The van der Waals surface area contributed by atoms with Crippen LogP contribution >= 0.6 is 0 Å². The molecule has 0 heterocycles. The highest BCUT2D eigenvalue weighted by Gasteiger charge is 2.26. The van der Waals surface area contributed by atoms with Gasteiger partial charge in [0, 0.05) is 13.7 Å². The van der Waals surface area contributed by atoms with E-state index in [0.717, 1.165) is 0 Å². The Labute approximate surface area is 111 Å². The summed E-state index contributed by atoms with van der Waals surface area (Å²) in [4.78, 5) is 35.0. The van der Waals surface area contributed by atoms with Crippen LogP contribution in [0.4, 0.5) is 4.79 Å². The van der Waals surface area contributed by atoms with Gasteiger partial charge in [0.05, 0.1) is 19.1 Å². The average molecular weight is 275 g/mol. The minimum absolute atomic E-state index is 0.210. The summed E-state index contributed by atoms with van der Waals surface area (Å²) < 4.78 is 4.94. The van der Waals surface area contributed by atoms with Crippen LogP contribution in [0.3, 0.4) is 0 Å². The first kappa shape index (κ1) is 17.2. The molecule has 8 nitrogen and oxygen atoms in total. The average Bonchev–Trinajstić information content (AvgIpc) is 2.28. The highest BCUT2D eigenvalue weighted by molar-refractivity contribution is 5.87. The number of nitrogens with zero attached hydrogens (tertiary/aromatic N) is 1. The molecule has 4 N–H and O–H groups in total. The van der Waals surface area contributed by atoms with Gasteiger partial charge in [-0.15, -0.1) is 0 Å². The van der Waals surface area contributed by atoms with Crippen LogP contribution in [-0.4, -0.2) is 60.3 Å². The number of nitrogens with one attached hydrogen (secondary N) is 1. The maximum atomic E-state index is 11.9. The second-order valence-electron chi connectivity index (χ2n) is 4.10. The van der Waals surface area contributed by atoms with Crippen molar-refractivity contribution in [2.45, 2.75) is 32.4 Å². The van der Waals surface area contributed by atoms with Crippen molar-refractivity contribution in [2.75, 3.05) is 20.3 Å². The van der Waals surface area contributed by atoms with Crippen LogP contribution in [0, 0.1) is 0 Å². The Morgan fingerprint density at radius 3 is 2.37 bits per heavy atom. The number of carbonyl (C=O) groups excluding carboxylic acids is 2. The molecule has 0 aromatic rings. The molecular weight excluding hydrogens is 254 g/mol. The molecule has 0 saturated carbocycles. The lowest BCUT2D eigenvalue weighted by atomic mass is 10.2. The second-order valence-corrected chi connectivity index (χ2v) is 4.10. The summed E-state index contributed by atoms with van der Waals surface area (Å²) in [5, 5.41) is 11.2. The fourth-order valence-electron chi connectivity index (χ4n) is 1.62. The number of carbonyl (C=O) groups is 3. The third-order valence-electron chi connectivity index (χ3n) is 2.54. The van der Waals surface area contributed by atoms with E-state index < -0.39 is 30.4 Å². The molecule has 2 atom stereocenters. The standard InChI is InChI=1S/C11H21N3O5/c1-4-14(7(2)6-19-3)11(18)13-8(10(16)17)5-9(12)15/h7-8H,4-6H2,1-3H3,(H2,12,15)(H,13,18)(H,16,17). The molecule has 3 amide bonds. The maximum absolute atomic E-state index is 11.9. The molecule has 0 aliphatic carbocycles. The maximum Gasteiger partial charge on any atom is 0.326 e. The van der Waals surface area contributed by atoms with Crippen molar-refractivity contribution in [1.82, 2.24) is 10.2 Å². The fraction of sp³-hybridized carbons (Fsp3) is 0.727. The number of amides is 3. The van der Waals surface area contributed by atoms with Crippen LogP contribution in [0.1, 0.15) is 20.3 Å². The van der Waals surface area contributed by atoms with Gasteiger partial charge in [-0.25, -0.2) is 9.59 Å². The Kier molecular flexibility index (Phi) is 7.50. The van der Waals surface area contributed by atoms with Gasteiger partial charge in [0.15, 0.2) is 0 Å². The smallest absolute Gasteiger partial charge is 0.326 e. The number of primary amides is 1. The van der Waals surface area contributed by atoms with E-state index in [-0.39, 0.29) is 6.04 Å². The molecule has 0 aliphatic heterocycles. The number of likely N-dealkylation sites (N-methyl/N-ethyl adjacent to an activating group) is 1. The zero-order valence-electron chi connectivity index (χ0n) is 11.4. The number of aliphatic carboxylic acids is 1. The number of nitrogens with two attached hydrogens (primary N) is 1. The Balaban J connectivity index is 4.68. The van der Waals surface area contributed by atoms with Crippen molar-refractivity contribution in [3.63, 3.8) is 0 Å². The summed E-state index contributed by atoms with van der Waals surface area (Å²) >= 11 is 0. The summed E-state index contributed by atoms with van der Waals surface area (Å²) in [5.74, 6) is -2.09. The lowest BCUT2D eigenvalue weighted by molar-refractivity contribution is -0.141. The molecule has 2 unspecified atom stereocenters. The third kappa shape index (κ3) is 6.05. The van der Waals surface area contributed by atoms with Crippen molar-refractivity contribution < 1.29 is 24.2 Å². The molecule has 0 spiro atoms. The zero-order chi connectivity index (χ0) is 15.0. The van der Waals surface area contributed by atoms with Crippen LogP contribution in [0.2, 0.25) is 0 Å². The monoisotopic (exact) mass is 275 g/mol. The second kappa shape index (κ2) is 8.30. The number of rotatable bonds is 8. The Morgan fingerprint density at radius 1 is 1.42 bits per heavy atom. The summed E-state index contributed by atoms with van der Waals surface area (Å²) in [5.41, 5.74) is 4.94. The molecule has 110 valence electrons. The fourth-order valence-corrected chi connectivity index (χ4v) is 1.62. The van der Waals surface area contributed by atoms with E-state index in [4.69, 9.17) is 15.6 Å². The molecule has 0 radical (unpaired) electrons. The van der Waals surface area contributed by atoms with Crippen LogP contribution in [0.25, 0.3) is 0 Å². The number of hydrogen-bond acceptors (Lipinski definition) is 4. The van der Waals surface area contributed by atoms with Gasteiger partial charge in [0.2, 0.25) is 5.91 Å². The zero-order valence-corrected chi connectivity index (χ0v) is 11.4. The van der Waals surface area contributed by atoms with E-state index >= 15 is 0 Å². The molecule has 0 saturated heterocycles. The topological polar surface area (TPSA) is 122 Å². The highest BCUT2D eigenvalue weighted by Crippen LogP contribution is 2.02. The molecule has 19 heavy (non-hydrogen) atoms. The quantitative estimate of drug-likeness (QED) is 0.545. The highest BCUT2D eigenvalue weighted by atomic mass is 16.5. The van der Waals surface area contributed by atoms with Crippen LogP contribution < -0.4 is 11.1 Å². The van der Waals surface area contributed by atoms with Gasteiger partial charge in [-0.05, 0) is 13.8 Å². The molecule has 0 aromatic heterocycles. The third-order valence-corrected chi connectivity index (χ3v) is 2.54. The first-order valence-electron chi connectivity index (χ1n) is 5.90. The van der Waals surface area contributed by atoms with E-state index in [2.05, 4.69) is 5.32 Å². The van der Waals surface area contributed by atoms with Gasteiger partial charge in [-0.3, -0.25) is 4.79 Å². The van der Waals surface area contributed by atoms with Crippen LogP contribution in [-0.2, 0) is 14.3 Å². The Bertz CT molecular complexity index is 334. The molecular formula is C11H21N3O5. The largest absolute Gasteiger partial charge is 0.480 e. The molecule has 0 bridgehead atoms. The number of urea groups is 1. The van der Waals surface area contributed by atoms with Gasteiger partial charge in [0.1, 0.15) is 6.04 Å². The lowest BCUT2D eigenvalue weighted by Gasteiger charge is -2.28. The van der Waals surface area contributed by atoms with Crippen molar-refractivity contribution in [3.8, 4) is 0 Å².